The summed E-state index contributed by atoms with van der Waals surface area (Å²) in [6, 6.07) is 15.8. The highest BCUT2D eigenvalue weighted by Gasteiger charge is 2.52. The normalized spacial score (nSPS) is 20.1. The quantitative estimate of drug-likeness (QED) is 0.879. The van der Waals surface area contributed by atoms with Gasteiger partial charge in [0.25, 0.3) is 11.6 Å². The van der Waals surface area contributed by atoms with Crippen molar-refractivity contribution in [2.45, 2.75) is 18.6 Å². The van der Waals surface area contributed by atoms with E-state index in [1.54, 1.807) is 24.3 Å². The Labute approximate surface area is 121 Å². The van der Waals surface area contributed by atoms with Gasteiger partial charge in [-0.05, 0) is 11.1 Å². The van der Waals surface area contributed by atoms with Gasteiger partial charge in [0.15, 0.2) is 0 Å². The average molecular weight is 283 g/mol. The van der Waals surface area contributed by atoms with Crippen molar-refractivity contribution >= 4 is 11.7 Å². The molecule has 4 heteroatoms. The number of nitrogens with one attached hydrogen (secondary N) is 1. The van der Waals surface area contributed by atoms with E-state index >= 15 is 0 Å². The molecule has 0 saturated carbocycles. The van der Waals surface area contributed by atoms with Crippen LogP contribution in [0, 0.1) is 0 Å². The largest absolute Gasteiger partial charge is 0.349 e. The maximum Gasteiger partial charge on any atom is 0.266 e. The smallest absolute Gasteiger partial charge is 0.266 e. The van der Waals surface area contributed by atoms with Crippen LogP contribution in [-0.2, 0) is 17.8 Å². The molecule has 0 unspecified atom stereocenters. The Kier molecular flexibility index (Phi) is 3.29. The van der Waals surface area contributed by atoms with Crippen LogP contribution in [0.2, 0.25) is 0 Å². The molecule has 0 heterocycles. The molecule has 106 valence electrons. The molecule has 3 rings (SSSR count). The van der Waals surface area contributed by atoms with Crippen LogP contribution >= 0.6 is 0 Å². The van der Waals surface area contributed by atoms with Gasteiger partial charge in [0, 0.05) is 18.5 Å². The second kappa shape index (κ2) is 5.13. The monoisotopic (exact) mass is 283 g/mol. The molecule has 1 N–H and O–H groups in total. The number of fused-ring (bicyclic) bond motifs is 1. The van der Waals surface area contributed by atoms with E-state index in [2.05, 4.69) is 5.32 Å². The van der Waals surface area contributed by atoms with Crippen LogP contribution in [0.1, 0.15) is 21.5 Å². The van der Waals surface area contributed by atoms with Gasteiger partial charge in [0.05, 0.1) is 0 Å². The number of rotatable bonds is 3. The number of Topliss-reactive ketones (excluding diaryl/α,β-unsaturated/α-hetero) is 1. The van der Waals surface area contributed by atoms with E-state index < -0.39 is 17.4 Å². The first-order valence-electron chi connectivity index (χ1n) is 6.75. The summed E-state index contributed by atoms with van der Waals surface area (Å²) >= 11 is 0. The van der Waals surface area contributed by atoms with E-state index in [0.29, 0.717) is 11.1 Å². The number of halogens is 1. The molecule has 1 aliphatic carbocycles. The molecule has 0 radical (unpaired) electrons. The van der Waals surface area contributed by atoms with Crippen LogP contribution in [0.3, 0.4) is 0 Å². The number of hydrogen-bond acceptors (Lipinski definition) is 2. The lowest BCUT2D eigenvalue weighted by Crippen LogP contribution is -2.47. The topological polar surface area (TPSA) is 46.2 Å². The summed E-state index contributed by atoms with van der Waals surface area (Å²) in [5.41, 5.74) is -0.745. The average Bonchev–Trinajstić information content (AvgIpc) is 2.79. The van der Waals surface area contributed by atoms with Gasteiger partial charge in [-0.1, -0.05) is 54.6 Å². The second-order valence-corrected chi connectivity index (χ2v) is 5.13. The maximum absolute atomic E-state index is 14.8. The van der Waals surface area contributed by atoms with Gasteiger partial charge in [-0.3, -0.25) is 9.59 Å². The van der Waals surface area contributed by atoms with E-state index in [4.69, 9.17) is 0 Å². The van der Waals surface area contributed by atoms with Crippen molar-refractivity contribution in [1.29, 1.82) is 0 Å². The van der Waals surface area contributed by atoms with Gasteiger partial charge in [0.2, 0.25) is 5.78 Å². The minimum Gasteiger partial charge on any atom is -0.349 e. The number of amides is 1. The SMILES string of the molecule is O=C(NCc1ccccc1)[C@]1(F)Cc2ccccc2C1=O. The van der Waals surface area contributed by atoms with Crippen molar-refractivity contribution < 1.29 is 14.0 Å². The van der Waals surface area contributed by atoms with Crippen molar-refractivity contribution in [3.8, 4) is 0 Å². The fourth-order valence-electron chi connectivity index (χ4n) is 2.55. The molecule has 0 saturated heterocycles. The van der Waals surface area contributed by atoms with Crippen LogP contribution < -0.4 is 5.32 Å². The lowest BCUT2D eigenvalue weighted by Gasteiger charge is -2.17. The van der Waals surface area contributed by atoms with E-state index in [9.17, 15) is 14.0 Å². The van der Waals surface area contributed by atoms with Crippen LogP contribution in [0.25, 0.3) is 0 Å². The first kappa shape index (κ1) is 13.5. The maximum atomic E-state index is 14.8. The molecule has 0 fully saturated rings. The first-order valence-corrected chi connectivity index (χ1v) is 6.75. The van der Waals surface area contributed by atoms with Crippen molar-refractivity contribution in [2.24, 2.45) is 0 Å². The van der Waals surface area contributed by atoms with E-state index in [0.717, 1.165) is 5.56 Å². The Balaban J connectivity index is 1.75. The number of benzene rings is 2. The third kappa shape index (κ3) is 2.33. The molecule has 0 spiro atoms. The van der Waals surface area contributed by atoms with Gasteiger partial charge in [-0.15, -0.1) is 0 Å². The van der Waals surface area contributed by atoms with Gasteiger partial charge in [-0.2, -0.15) is 0 Å². The third-order valence-electron chi connectivity index (χ3n) is 3.71. The summed E-state index contributed by atoms with van der Waals surface area (Å²) in [5.74, 6) is -1.61. The third-order valence-corrected chi connectivity index (χ3v) is 3.71. The highest BCUT2D eigenvalue weighted by molar-refractivity contribution is 6.20. The summed E-state index contributed by atoms with van der Waals surface area (Å²) in [4.78, 5) is 24.2. The molecule has 2 aromatic carbocycles. The second-order valence-electron chi connectivity index (χ2n) is 5.13. The van der Waals surface area contributed by atoms with Crippen molar-refractivity contribution in [2.75, 3.05) is 0 Å². The van der Waals surface area contributed by atoms with Crippen molar-refractivity contribution in [3.05, 3.63) is 71.3 Å². The van der Waals surface area contributed by atoms with Crippen LogP contribution in [0.4, 0.5) is 4.39 Å². The standard InChI is InChI=1S/C17H14FNO2/c18-17(10-13-8-4-5-9-14(13)15(17)20)16(21)19-11-12-6-2-1-3-7-12/h1-9H,10-11H2,(H,19,21)/t17-/m0/s1. The van der Waals surface area contributed by atoms with E-state index in [-0.39, 0.29) is 13.0 Å². The molecular formula is C17H14FNO2. The van der Waals surface area contributed by atoms with E-state index in [1.165, 1.54) is 0 Å². The number of ketones is 1. The summed E-state index contributed by atoms with van der Waals surface area (Å²) < 4.78 is 14.8. The molecule has 0 aliphatic heterocycles. The predicted molar refractivity (Wildman–Crippen MR) is 76.6 cm³/mol. The van der Waals surface area contributed by atoms with Crippen LogP contribution in [-0.4, -0.2) is 17.4 Å². The molecule has 0 aromatic heterocycles. The van der Waals surface area contributed by atoms with Crippen molar-refractivity contribution in [1.82, 2.24) is 5.32 Å². The first-order chi connectivity index (χ1) is 10.1. The Morgan fingerprint density at radius 2 is 1.76 bits per heavy atom. The highest BCUT2D eigenvalue weighted by Crippen LogP contribution is 2.33. The minimum atomic E-state index is -2.49. The number of hydrogen-bond donors (Lipinski definition) is 1. The fourth-order valence-corrected chi connectivity index (χ4v) is 2.55. The Morgan fingerprint density at radius 1 is 1.10 bits per heavy atom. The zero-order valence-electron chi connectivity index (χ0n) is 11.3. The van der Waals surface area contributed by atoms with Gasteiger partial charge in [0.1, 0.15) is 0 Å². The van der Waals surface area contributed by atoms with Gasteiger partial charge >= 0.3 is 0 Å². The fraction of sp³-hybridized carbons (Fsp3) is 0.176. The van der Waals surface area contributed by atoms with Crippen LogP contribution in [0.15, 0.2) is 54.6 Å². The molecular weight excluding hydrogens is 269 g/mol. The predicted octanol–water partition coefficient (Wildman–Crippen LogP) is 2.45. The van der Waals surface area contributed by atoms with Gasteiger partial charge < -0.3 is 5.32 Å². The number of carbonyl (C=O) groups excluding carboxylic acids is 2. The number of carbonyl (C=O) groups is 2. The molecule has 1 aliphatic rings. The molecule has 2 aromatic rings. The summed E-state index contributed by atoms with van der Waals surface area (Å²) in [5, 5.41) is 2.51. The van der Waals surface area contributed by atoms with Crippen LogP contribution in [0.5, 0.6) is 0 Å². The highest BCUT2D eigenvalue weighted by atomic mass is 19.1. The van der Waals surface area contributed by atoms with Gasteiger partial charge in [-0.25, -0.2) is 4.39 Å². The van der Waals surface area contributed by atoms with E-state index in [1.807, 2.05) is 30.3 Å². The zero-order chi connectivity index (χ0) is 14.9. The number of alkyl halides is 1. The molecule has 21 heavy (non-hydrogen) atoms. The zero-order valence-corrected chi connectivity index (χ0v) is 11.3. The molecule has 0 bridgehead atoms. The summed E-state index contributed by atoms with van der Waals surface area (Å²) in [6.07, 6.45) is -0.192. The Bertz CT molecular complexity index is 699. The molecule has 1 amide bonds. The summed E-state index contributed by atoms with van der Waals surface area (Å²) in [6.45, 7) is 0.203. The van der Waals surface area contributed by atoms with Crippen molar-refractivity contribution in [3.63, 3.8) is 0 Å². The molecule has 1 atom stereocenters. The Morgan fingerprint density at radius 3 is 2.48 bits per heavy atom. The lowest BCUT2D eigenvalue weighted by molar-refractivity contribution is -0.129. The Hall–Kier alpha value is -2.49. The lowest BCUT2D eigenvalue weighted by atomic mass is 10.00. The molecule has 3 nitrogen and oxygen atoms in total. The summed E-state index contributed by atoms with van der Waals surface area (Å²) in [7, 11) is 0. The minimum absolute atomic E-state index is 0.192.